The van der Waals surface area contributed by atoms with Crippen LogP contribution in [-0.4, -0.2) is 65.7 Å². The Morgan fingerprint density at radius 3 is 2.12 bits per heavy atom. The van der Waals surface area contributed by atoms with E-state index in [1.165, 1.54) is 0 Å². The third-order valence-electron chi connectivity index (χ3n) is 3.89. The quantitative estimate of drug-likeness (QED) is 0.209. The Hall–Kier alpha value is -0.713. The van der Waals surface area contributed by atoms with Crippen LogP contribution in [0.1, 0.15) is 47.5 Å². The summed E-state index contributed by atoms with van der Waals surface area (Å²) < 4.78 is 22.4. The van der Waals surface area contributed by atoms with Crippen LogP contribution in [0, 0.1) is 5.92 Å². The lowest BCUT2D eigenvalue weighted by Gasteiger charge is -2.28. The molecule has 0 heterocycles. The summed E-state index contributed by atoms with van der Waals surface area (Å²) in [7, 11) is -2.66. The van der Waals surface area contributed by atoms with Gasteiger partial charge in [0, 0.05) is 39.0 Å². The Balaban J connectivity index is 3.98. The van der Waals surface area contributed by atoms with Crippen LogP contribution in [0.4, 0.5) is 4.79 Å². The largest absolute Gasteiger partial charge is 0.500 e. The van der Waals surface area contributed by atoms with Crippen LogP contribution in [0.3, 0.4) is 0 Å². The Morgan fingerprint density at radius 2 is 1.62 bits per heavy atom. The summed E-state index contributed by atoms with van der Waals surface area (Å²) in [4.78, 5) is 11.7. The number of hydrogen-bond donors (Lipinski definition) is 3. The number of amides is 1. The molecule has 0 aliphatic heterocycles. The second-order valence-corrected chi connectivity index (χ2v) is 8.66. The van der Waals surface area contributed by atoms with Crippen LogP contribution in [-0.2, 0) is 18.0 Å². The van der Waals surface area contributed by atoms with Gasteiger partial charge in [0.25, 0.3) is 0 Å². The minimum atomic E-state index is -2.66. The van der Waals surface area contributed by atoms with Crippen molar-refractivity contribution in [3.63, 3.8) is 0 Å². The van der Waals surface area contributed by atoms with Gasteiger partial charge in [-0.1, -0.05) is 13.8 Å². The number of carbonyl (C=O) groups is 1. The molecule has 8 nitrogen and oxygen atoms in total. The number of hydrogen-bond acceptors (Lipinski definition) is 7. The van der Waals surface area contributed by atoms with Crippen molar-refractivity contribution in [2.75, 3.05) is 39.5 Å². The predicted molar refractivity (Wildman–Crippen MR) is 103 cm³/mol. The van der Waals surface area contributed by atoms with Crippen LogP contribution < -0.4 is 10.6 Å². The lowest BCUT2D eigenvalue weighted by molar-refractivity contribution is 0.0700. The van der Waals surface area contributed by atoms with Crippen molar-refractivity contribution < 1.29 is 27.9 Å². The number of aliphatic hydroxyl groups excluding tert-OH is 1. The SMILES string of the molecule is CCO[Si](CCCNC(=O)OCCNC(O)C(C)CC)(OCC)OCC. The first-order chi connectivity index (χ1) is 12.4. The van der Waals surface area contributed by atoms with E-state index in [-0.39, 0.29) is 12.5 Å². The molecule has 2 unspecified atom stereocenters. The summed E-state index contributed by atoms with van der Waals surface area (Å²) >= 11 is 0. The van der Waals surface area contributed by atoms with Crippen LogP contribution in [0.15, 0.2) is 0 Å². The smallest absolute Gasteiger partial charge is 0.448 e. The highest BCUT2D eigenvalue weighted by atomic mass is 28.4. The zero-order valence-corrected chi connectivity index (χ0v) is 18.0. The normalized spacial score (nSPS) is 14.1. The molecule has 156 valence electrons. The van der Waals surface area contributed by atoms with Crippen molar-refractivity contribution in [2.45, 2.75) is 59.7 Å². The zero-order chi connectivity index (χ0) is 19.8. The molecule has 0 bridgehead atoms. The van der Waals surface area contributed by atoms with Crippen molar-refractivity contribution in [3.05, 3.63) is 0 Å². The first kappa shape index (κ1) is 25.3. The fourth-order valence-electron chi connectivity index (χ4n) is 2.32. The first-order valence-corrected chi connectivity index (χ1v) is 11.6. The molecular formula is C17H38N2O6Si. The molecule has 9 heteroatoms. The van der Waals surface area contributed by atoms with E-state index in [0.29, 0.717) is 45.4 Å². The highest BCUT2D eigenvalue weighted by Gasteiger charge is 2.39. The highest BCUT2D eigenvalue weighted by molar-refractivity contribution is 6.60. The lowest BCUT2D eigenvalue weighted by atomic mass is 10.1. The molecule has 0 spiro atoms. The molecule has 26 heavy (non-hydrogen) atoms. The number of aliphatic hydroxyl groups is 1. The summed E-state index contributed by atoms with van der Waals surface area (Å²) in [5.41, 5.74) is 0. The third kappa shape index (κ3) is 11.1. The summed E-state index contributed by atoms with van der Waals surface area (Å²) in [5, 5.41) is 15.4. The molecule has 0 aromatic rings. The summed E-state index contributed by atoms with van der Waals surface area (Å²) in [6.45, 7) is 12.4. The Morgan fingerprint density at radius 1 is 1.04 bits per heavy atom. The molecule has 1 amide bonds. The molecule has 0 aromatic heterocycles. The second-order valence-electron chi connectivity index (χ2n) is 5.93. The fourth-order valence-corrected chi connectivity index (χ4v) is 4.93. The zero-order valence-electron chi connectivity index (χ0n) is 17.0. The van der Waals surface area contributed by atoms with Crippen molar-refractivity contribution in [1.29, 1.82) is 0 Å². The van der Waals surface area contributed by atoms with Gasteiger partial charge in [-0.25, -0.2) is 4.79 Å². The molecule has 0 saturated heterocycles. The van der Waals surface area contributed by atoms with Gasteiger partial charge in [0.1, 0.15) is 12.8 Å². The first-order valence-electron chi connectivity index (χ1n) is 9.68. The van der Waals surface area contributed by atoms with Crippen molar-refractivity contribution in [2.24, 2.45) is 5.92 Å². The van der Waals surface area contributed by atoms with E-state index >= 15 is 0 Å². The van der Waals surface area contributed by atoms with Gasteiger partial charge < -0.3 is 28.4 Å². The third-order valence-corrected chi connectivity index (χ3v) is 7.04. The maximum atomic E-state index is 11.7. The van der Waals surface area contributed by atoms with Gasteiger partial charge in [0.15, 0.2) is 0 Å². The highest BCUT2D eigenvalue weighted by Crippen LogP contribution is 2.17. The van der Waals surface area contributed by atoms with E-state index in [1.54, 1.807) is 0 Å². The number of nitrogens with one attached hydrogen (secondary N) is 2. The maximum Gasteiger partial charge on any atom is 0.500 e. The average Bonchev–Trinajstić information content (AvgIpc) is 2.62. The predicted octanol–water partition coefficient (Wildman–Crippen LogP) is 2.11. The monoisotopic (exact) mass is 394 g/mol. The molecule has 0 saturated carbocycles. The molecule has 0 rings (SSSR count). The van der Waals surface area contributed by atoms with Gasteiger partial charge in [0.05, 0.1) is 0 Å². The summed E-state index contributed by atoms with van der Waals surface area (Å²) in [6, 6.07) is 0.644. The minimum absolute atomic E-state index is 0.161. The van der Waals surface area contributed by atoms with Crippen LogP contribution in [0.2, 0.25) is 6.04 Å². The molecule has 2 atom stereocenters. The van der Waals surface area contributed by atoms with Gasteiger partial charge in [0.2, 0.25) is 0 Å². The van der Waals surface area contributed by atoms with E-state index in [9.17, 15) is 9.90 Å². The average molecular weight is 395 g/mol. The number of alkyl carbamates (subject to hydrolysis) is 1. The summed E-state index contributed by atoms with van der Waals surface area (Å²) in [5.74, 6) is 0.161. The number of ether oxygens (including phenoxy) is 1. The minimum Gasteiger partial charge on any atom is -0.448 e. The van der Waals surface area contributed by atoms with E-state index in [4.69, 9.17) is 18.0 Å². The Labute approximate surface area is 159 Å². The van der Waals surface area contributed by atoms with E-state index in [2.05, 4.69) is 10.6 Å². The van der Waals surface area contributed by atoms with Crippen LogP contribution in [0.25, 0.3) is 0 Å². The standard InChI is InChI=1S/C17H38N2O6Si/c1-6-15(5)16(20)18-12-13-22-17(21)19-11-10-14-26(23-7-2,24-8-3)25-9-4/h15-16,18,20H,6-14H2,1-5H3,(H,19,21). The van der Waals surface area contributed by atoms with Gasteiger partial charge in [-0.05, 0) is 39.5 Å². The van der Waals surface area contributed by atoms with Gasteiger partial charge in [-0.2, -0.15) is 0 Å². The lowest BCUT2D eigenvalue weighted by Crippen LogP contribution is -2.46. The van der Waals surface area contributed by atoms with Crippen molar-refractivity contribution in [3.8, 4) is 0 Å². The number of rotatable bonds is 16. The van der Waals surface area contributed by atoms with Gasteiger partial charge in [-0.15, -0.1) is 0 Å². The van der Waals surface area contributed by atoms with E-state index in [1.807, 2.05) is 34.6 Å². The molecular weight excluding hydrogens is 356 g/mol. The second kappa shape index (κ2) is 15.4. The maximum absolute atomic E-state index is 11.7. The molecule has 0 radical (unpaired) electrons. The van der Waals surface area contributed by atoms with Crippen LogP contribution >= 0.6 is 0 Å². The van der Waals surface area contributed by atoms with Crippen molar-refractivity contribution >= 4 is 14.9 Å². The molecule has 0 fully saturated rings. The Kier molecular flexibility index (Phi) is 14.9. The van der Waals surface area contributed by atoms with Gasteiger partial charge >= 0.3 is 14.9 Å². The number of carbonyl (C=O) groups excluding carboxylic acids is 1. The van der Waals surface area contributed by atoms with E-state index < -0.39 is 21.1 Å². The Bertz CT molecular complexity index is 345. The van der Waals surface area contributed by atoms with Gasteiger partial charge in [-0.3, -0.25) is 5.32 Å². The molecule has 0 aliphatic rings. The molecule has 3 N–H and O–H groups in total. The van der Waals surface area contributed by atoms with Crippen LogP contribution in [0.5, 0.6) is 0 Å². The fraction of sp³-hybridized carbons (Fsp3) is 0.941. The van der Waals surface area contributed by atoms with Crippen molar-refractivity contribution in [1.82, 2.24) is 10.6 Å². The van der Waals surface area contributed by atoms with E-state index in [0.717, 1.165) is 6.42 Å². The summed E-state index contributed by atoms with van der Waals surface area (Å²) in [6.07, 6.45) is 0.513. The molecule has 0 aromatic carbocycles. The molecule has 0 aliphatic carbocycles. The topological polar surface area (TPSA) is 98.3 Å².